The summed E-state index contributed by atoms with van der Waals surface area (Å²) < 4.78 is 0. The first-order valence-corrected chi connectivity index (χ1v) is 5.32. The van der Waals surface area contributed by atoms with E-state index >= 15 is 0 Å². The molecule has 0 aliphatic heterocycles. The molecule has 0 radical (unpaired) electrons. The summed E-state index contributed by atoms with van der Waals surface area (Å²) >= 11 is 0. The molecule has 5 nitrogen and oxygen atoms in total. The average molecular weight is 230 g/mol. The molecule has 1 aromatic heterocycles. The summed E-state index contributed by atoms with van der Waals surface area (Å²) in [5.41, 5.74) is 1.46. The Kier molecular flexibility index (Phi) is 3.18. The van der Waals surface area contributed by atoms with Gasteiger partial charge < -0.3 is 4.90 Å². The van der Waals surface area contributed by atoms with Crippen molar-refractivity contribution in [1.29, 1.82) is 0 Å². The number of nitrogens with zero attached hydrogens (tertiary/aromatic N) is 4. The van der Waals surface area contributed by atoms with Gasteiger partial charge in [0.1, 0.15) is 0 Å². The van der Waals surface area contributed by atoms with Crippen LogP contribution >= 0.6 is 0 Å². The van der Waals surface area contributed by atoms with Crippen molar-refractivity contribution >= 4 is 5.91 Å². The van der Waals surface area contributed by atoms with E-state index in [2.05, 4.69) is 10.2 Å². The topological polar surface area (TPSA) is 51.0 Å². The normalized spacial score (nSPS) is 10.2. The Morgan fingerprint density at radius 2 is 2.06 bits per heavy atom. The molecule has 0 aliphatic carbocycles. The maximum absolute atomic E-state index is 12.0. The molecule has 5 heteroatoms. The smallest absolute Gasteiger partial charge is 0.276 e. The summed E-state index contributed by atoms with van der Waals surface area (Å²) in [6.45, 7) is 0.566. The van der Waals surface area contributed by atoms with Crippen LogP contribution < -0.4 is 0 Å². The Morgan fingerprint density at radius 3 is 2.65 bits per heavy atom. The predicted octanol–water partition coefficient (Wildman–Crippen LogP) is 1.09. The lowest BCUT2D eigenvalue weighted by Crippen LogP contribution is -2.26. The molecule has 1 aromatic carbocycles. The third-order valence-corrected chi connectivity index (χ3v) is 2.43. The van der Waals surface area contributed by atoms with E-state index in [4.69, 9.17) is 0 Å². The van der Waals surface area contributed by atoms with Crippen LogP contribution in [0.15, 0.2) is 36.5 Å². The highest BCUT2D eigenvalue weighted by Crippen LogP contribution is 2.05. The van der Waals surface area contributed by atoms with Crippen LogP contribution in [0.25, 0.3) is 0 Å². The monoisotopic (exact) mass is 230 g/mol. The molecule has 17 heavy (non-hydrogen) atoms. The van der Waals surface area contributed by atoms with Gasteiger partial charge in [-0.15, -0.1) is 5.10 Å². The fourth-order valence-corrected chi connectivity index (χ4v) is 1.57. The molecule has 0 saturated carbocycles. The van der Waals surface area contributed by atoms with E-state index in [0.29, 0.717) is 12.2 Å². The van der Waals surface area contributed by atoms with Gasteiger partial charge in [0.2, 0.25) is 0 Å². The minimum atomic E-state index is -0.123. The largest absolute Gasteiger partial charge is 0.336 e. The first kappa shape index (κ1) is 11.3. The summed E-state index contributed by atoms with van der Waals surface area (Å²) in [7, 11) is 3.44. The van der Waals surface area contributed by atoms with Crippen LogP contribution in [0.1, 0.15) is 16.1 Å². The second-order valence-corrected chi connectivity index (χ2v) is 3.87. The minimum Gasteiger partial charge on any atom is -0.336 e. The van der Waals surface area contributed by atoms with Crippen molar-refractivity contribution in [2.45, 2.75) is 6.54 Å². The zero-order chi connectivity index (χ0) is 12.3. The molecule has 0 N–H and O–H groups in total. The van der Waals surface area contributed by atoms with Crippen molar-refractivity contribution in [1.82, 2.24) is 19.9 Å². The first-order valence-electron chi connectivity index (χ1n) is 5.32. The van der Waals surface area contributed by atoms with Gasteiger partial charge in [0, 0.05) is 20.6 Å². The van der Waals surface area contributed by atoms with E-state index in [9.17, 15) is 4.79 Å². The molecule has 0 bridgehead atoms. The zero-order valence-electron chi connectivity index (χ0n) is 9.87. The second kappa shape index (κ2) is 4.78. The van der Waals surface area contributed by atoms with Crippen LogP contribution in [0.3, 0.4) is 0 Å². The molecular weight excluding hydrogens is 216 g/mol. The zero-order valence-corrected chi connectivity index (χ0v) is 9.87. The van der Waals surface area contributed by atoms with Gasteiger partial charge in [-0.1, -0.05) is 30.3 Å². The molecule has 1 heterocycles. The van der Waals surface area contributed by atoms with Crippen molar-refractivity contribution in [2.24, 2.45) is 7.05 Å². The molecule has 2 rings (SSSR count). The third-order valence-electron chi connectivity index (χ3n) is 2.43. The Balaban J connectivity index is 2.06. The number of aryl methyl sites for hydroxylation is 1. The van der Waals surface area contributed by atoms with Gasteiger partial charge >= 0.3 is 0 Å². The molecule has 0 unspecified atom stereocenters. The summed E-state index contributed by atoms with van der Waals surface area (Å²) in [5, 5.41) is 7.87. The first-order chi connectivity index (χ1) is 8.16. The molecule has 1 amide bonds. The summed E-state index contributed by atoms with van der Waals surface area (Å²) in [6, 6.07) is 9.83. The van der Waals surface area contributed by atoms with E-state index in [1.54, 1.807) is 19.0 Å². The number of benzene rings is 1. The highest BCUT2D eigenvalue weighted by atomic mass is 16.2. The molecule has 88 valence electrons. The number of amides is 1. The number of carbonyl (C=O) groups is 1. The third kappa shape index (κ3) is 2.69. The van der Waals surface area contributed by atoms with Gasteiger partial charge in [-0.25, -0.2) is 0 Å². The Morgan fingerprint density at radius 1 is 1.35 bits per heavy atom. The van der Waals surface area contributed by atoms with Gasteiger partial charge in [-0.2, -0.15) is 9.90 Å². The number of rotatable bonds is 3. The van der Waals surface area contributed by atoms with Crippen molar-refractivity contribution in [3.8, 4) is 0 Å². The molecule has 0 aliphatic rings. The predicted molar refractivity (Wildman–Crippen MR) is 63.2 cm³/mol. The van der Waals surface area contributed by atoms with E-state index in [1.165, 1.54) is 11.0 Å². The minimum absolute atomic E-state index is 0.123. The summed E-state index contributed by atoms with van der Waals surface area (Å²) in [6.07, 6.45) is 1.48. The molecular formula is C12H14N4O. The maximum atomic E-state index is 12.0. The second-order valence-electron chi connectivity index (χ2n) is 3.87. The highest BCUT2D eigenvalue weighted by Gasteiger charge is 2.14. The van der Waals surface area contributed by atoms with Gasteiger partial charge in [0.05, 0.1) is 6.20 Å². The standard InChI is InChI=1S/C12H14N4O/c1-15(9-10-6-4-3-5-7-10)12(17)11-8-13-16(2)14-11/h3-8H,9H2,1-2H3. The molecule has 2 aromatic rings. The van der Waals surface area contributed by atoms with Gasteiger partial charge in [-0.3, -0.25) is 4.79 Å². The van der Waals surface area contributed by atoms with Crippen molar-refractivity contribution < 1.29 is 4.79 Å². The number of carbonyl (C=O) groups excluding carboxylic acids is 1. The lowest BCUT2D eigenvalue weighted by Gasteiger charge is -2.15. The van der Waals surface area contributed by atoms with E-state index in [1.807, 2.05) is 30.3 Å². The van der Waals surface area contributed by atoms with Crippen molar-refractivity contribution in [2.75, 3.05) is 7.05 Å². The summed E-state index contributed by atoms with van der Waals surface area (Å²) in [4.78, 5) is 15.0. The Hall–Kier alpha value is -2.17. The highest BCUT2D eigenvalue weighted by molar-refractivity contribution is 5.91. The average Bonchev–Trinajstić information content (AvgIpc) is 2.76. The van der Waals surface area contributed by atoms with Gasteiger partial charge in [0.15, 0.2) is 5.69 Å². The fraction of sp³-hybridized carbons (Fsp3) is 0.250. The van der Waals surface area contributed by atoms with Gasteiger partial charge in [0.25, 0.3) is 5.91 Å². The molecule has 0 spiro atoms. The Bertz CT molecular complexity index is 506. The number of aromatic nitrogens is 3. The molecule has 0 fully saturated rings. The lowest BCUT2D eigenvalue weighted by molar-refractivity contribution is 0.0778. The van der Waals surface area contributed by atoms with Gasteiger partial charge in [-0.05, 0) is 5.56 Å². The number of hydrogen-bond donors (Lipinski definition) is 0. The van der Waals surface area contributed by atoms with E-state index in [0.717, 1.165) is 5.56 Å². The van der Waals surface area contributed by atoms with Crippen LogP contribution in [0, 0.1) is 0 Å². The van der Waals surface area contributed by atoms with Crippen molar-refractivity contribution in [3.63, 3.8) is 0 Å². The van der Waals surface area contributed by atoms with Crippen LogP contribution in [0.4, 0.5) is 0 Å². The SMILES string of the molecule is CN(Cc1ccccc1)C(=O)c1cnn(C)n1. The fourth-order valence-electron chi connectivity index (χ4n) is 1.57. The Labute approximate surface area is 99.7 Å². The van der Waals surface area contributed by atoms with E-state index < -0.39 is 0 Å². The van der Waals surface area contributed by atoms with Crippen LogP contribution in [-0.4, -0.2) is 32.8 Å². The summed E-state index contributed by atoms with van der Waals surface area (Å²) in [5.74, 6) is -0.123. The van der Waals surface area contributed by atoms with E-state index in [-0.39, 0.29) is 5.91 Å². The molecule has 0 saturated heterocycles. The van der Waals surface area contributed by atoms with Crippen LogP contribution in [0.2, 0.25) is 0 Å². The quantitative estimate of drug-likeness (QED) is 0.793. The lowest BCUT2D eigenvalue weighted by atomic mass is 10.2. The molecule has 0 atom stereocenters. The maximum Gasteiger partial charge on any atom is 0.276 e. The van der Waals surface area contributed by atoms with Crippen LogP contribution in [0.5, 0.6) is 0 Å². The van der Waals surface area contributed by atoms with Crippen molar-refractivity contribution in [3.05, 3.63) is 47.8 Å². The number of hydrogen-bond acceptors (Lipinski definition) is 3. The van der Waals surface area contributed by atoms with Crippen LogP contribution in [-0.2, 0) is 13.6 Å².